The van der Waals surface area contributed by atoms with Crippen LogP contribution >= 0.6 is 0 Å². The lowest BCUT2D eigenvalue weighted by Crippen LogP contribution is -2.44. The van der Waals surface area contributed by atoms with Crippen LogP contribution in [-0.4, -0.2) is 24.8 Å². The van der Waals surface area contributed by atoms with Crippen LogP contribution in [0.3, 0.4) is 0 Å². The largest absolute Gasteiger partial charge is 0.348 e. The van der Waals surface area contributed by atoms with Gasteiger partial charge in [0.05, 0.1) is 13.2 Å². The molecule has 2 saturated carbocycles. The highest BCUT2D eigenvalue weighted by Crippen LogP contribution is 2.47. The molecule has 2 unspecified atom stereocenters. The molecule has 2 aliphatic carbocycles. The first-order chi connectivity index (χ1) is 13.3. The molecule has 0 aromatic rings. The second-order valence-electron chi connectivity index (χ2n) is 8.35. The van der Waals surface area contributed by atoms with E-state index in [-0.39, 0.29) is 11.7 Å². The Bertz CT molecular complexity index is 638. The molecule has 1 heterocycles. The molecule has 0 N–H and O–H groups in total. The number of Topliss-reactive ketones (excluding diaryl/α,β-unsaturated/α-hetero) is 1. The molecule has 3 aliphatic rings. The summed E-state index contributed by atoms with van der Waals surface area (Å²) in [6.07, 6.45) is 9.90. The lowest BCUT2D eigenvalue weighted by Gasteiger charge is -2.43. The van der Waals surface area contributed by atoms with E-state index in [1.807, 2.05) is 0 Å². The predicted molar refractivity (Wildman–Crippen MR) is 111 cm³/mol. The molecule has 3 rings (SSSR count). The smallest absolute Gasteiger partial charge is 0.168 e. The Morgan fingerprint density at radius 2 is 1.96 bits per heavy atom. The zero-order valence-electron chi connectivity index (χ0n) is 17.6. The van der Waals surface area contributed by atoms with Gasteiger partial charge in [0.1, 0.15) is 5.83 Å². The minimum Gasteiger partial charge on any atom is -0.348 e. The number of ketones is 1. The van der Waals surface area contributed by atoms with Crippen LogP contribution in [0.2, 0.25) is 0 Å². The van der Waals surface area contributed by atoms with Crippen molar-refractivity contribution in [1.82, 2.24) is 0 Å². The third kappa shape index (κ3) is 5.74. The zero-order chi connectivity index (χ0) is 20.7. The van der Waals surface area contributed by atoms with E-state index in [2.05, 4.69) is 33.9 Å². The maximum atomic E-state index is 13.5. The maximum Gasteiger partial charge on any atom is 0.168 e. The summed E-state index contributed by atoms with van der Waals surface area (Å²) in [6.45, 7) is 14.8. The van der Waals surface area contributed by atoms with Crippen LogP contribution < -0.4 is 0 Å². The van der Waals surface area contributed by atoms with E-state index in [4.69, 9.17) is 9.47 Å². The van der Waals surface area contributed by atoms with Crippen molar-refractivity contribution >= 4 is 5.78 Å². The first-order valence-electron chi connectivity index (χ1n) is 10.5. The first kappa shape index (κ1) is 22.8. The fraction of sp³-hybridized carbons (Fsp3) is 0.625. The van der Waals surface area contributed by atoms with Gasteiger partial charge in [0.15, 0.2) is 11.6 Å². The van der Waals surface area contributed by atoms with Crippen LogP contribution in [0.4, 0.5) is 4.39 Å². The van der Waals surface area contributed by atoms with Gasteiger partial charge in [-0.2, -0.15) is 0 Å². The van der Waals surface area contributed by atoms with Crippen molar-refractivity contribution in [3.8, 4) is 0 Å². The Labute approximate surface area is 169 Å². The van der Waals surface area contributed by atoms with Crippen molar-refractivity contribution in [1.29, 1.82) is 0 Å². The molecule has 0 bridgehead atoms. The molecule has 0 radical (unpaired) electrons. The topological polar surface area (TPSA) is 35.5 Å². The highest BCUT2D eigenvalue weighted by atomic mass is 19.1. The standard InChI is InChI=1S/C19H23FO3.C5H12/c1-3-4-14(13(2)20)11-15-5-6-16-12-19(22-9-10-23-19)8-7-17(16)18(15)21;1-4-5(2)3/h3-4,11,16-17H,1-2,5-10,12H2;5H,4H2,1-3H3/b14-4-,15-11+;. The summed E-state index contributed by atoms with van der Waals surface area (Å²) in [4.78, 5) is 12.8. The number of ether oxygens (including phenoxy) is 2. The van der Waals surface area contributed by atoms with E-state index in [1.54, 1.807) is 12.2 Å². The molecule has 0 amide bonds. The van der Waals surface area contributed by atoms with E-state index >= 15 is 0 Å². The van der Waals surface area contributed by atoms with E-state index in [1.165, 1.54) is 12.5 Å². The average Bonchev–Trinajstić information content (AvgIpc) is 3.11. The predicted octanol–water partition coefficient (Wildman–Crippen LogP) is 6.08. The molecule has 28 heavy (non-hydrogen) atoms. The average molecular weight is 391 g/mol. The number of allylic oxidation sites excluding steroid dienone is 6. The van der Waals surface area contributed by atoms with Crippen molar-refractivity contribution < 1.29 is 18.7 Å². The summed E-state index contributed by atoms with van der Waals surface area (Å²) >= 11 is 0. The SMILES string of the molecule is C=C/C=C(/C=C1\CCC2CC3(CCC2C1=O)OCCO3)C(=C)F.CCC(C)C. The fourth-order valence-electron chi connectivity index (χ4n) is 4.04. The third-order valence-electron chi connectivity index (χ3n) is 5.99. The van der Waals surface area contributed by atoms with Crippen LogP contribution in [0, 0.1) is 17.8 Å². The molecule has 0 aromatic carbocycles. The maximum absolute atomic E-state index is 13.5. The van der Waals surface area contributed by atoms with E-state index < -0.39 is 11.6 Å². The van der Waals surface area contributed by atoms with Crippen molar-refractivity contribution in [2.24, 2.45) is 17.8 Å². The van der Waals surface area contributed by atoms with Crippen molar-refractivity contribution in [3.63, 3.8) is 0 Å². The van der Waals surface area contributed by atoms with Gasteiger partial charge in [-0.25, -0.2) is 4.39 Å². The molecule has 1 saturated heterocycles. The van der Waals surface area contributed by atoms with Crippen molar-refractivity contribution in [3.05, 3.63) is 48.4 Å². The van der Waals surface area contributed by atoms with Crippen LogP contribution in [-0.2, 0) is 14.3 Å². The highest BCUT2D eigenvalue weighted by Gasteiger charge is 2.48. The quantitative estimate of drug-likeness (QED) is 0.431. The highest BCUT2D eigenvalue weighted by molar-refractivity contribution is 5.98. The summed E-state index contributed by atoms with van der Waals surface area (Å²) < 4.78 is 25.1. The normalized spacial score (nSPS) is 28.1. The molecule has 1 aliphatic heterocycles. The Balaban J connectivity index is 0.000000500. The molecule has 3 fully saturated rings. The number of carbonyl (C=O) groups is 1. The van der Waals surface area contributed by atoms with Crippen LogP contribution in [0.25, 0.3) is 0 Å². The summed E-state index contributed by atoms with van der Waals surface area (Å²) in [6, 6.07) is 0. The summed E-state index contributed by atoms with van der Waals surface area (Å²) in [5.41, 5.74) is 1.03. The van der Waals surface area contributed by atoms with Gasteiger partial charge in [0, 0.05) is 24.3 Å². The molecule has 3 nitrogen and oxygen atoms in total. The molecular formula is C24H35FO3. The summed E-state index contributed by atoms with van der Waals surface area (Å²) in [5.74, 6) is 0.338. The number of fused-ring (bicyclic) bond motifs is 1. The van der Waals surface area contributed by atoms with Gasteiger partial charge >= 0.3 is 0 Å². The monoisotopic (exact) mass is 390 g/mol. The molecule has 4 heteroatoms. The first-order valence-corrected chi connectivity index (χ1v) is 10.5. The Kier molecular flexibility index (Phi) is 8.38. The van der Waals surface area contributed by atoms with Gasteiger partial charge in [0.2, 0.25) is 0 Å². The van der Waals surface area contributed by atoms with Gasteiger partial charge in [-0.05, 0) is 42.7 Å². The fourth-order valence-corrected chi connectivity index (χ4v) is 4.04. The van der Waals surface area contributed by atoms with E-state index in [0.29, 0.717) is 36.7 Å². The lowest BCUT2D eigenvalue weighted by atomic mass is 9.66. The third-order valence-corrected chi connectivity index (χ3v) is 5.99. The molecule has 2 atom stereocenters. The number of rotatable bonds is 4. The van der Waals surface area contributed by atoms with Gasteiger partial charge in [-0.15, -0.1) is 0 Å². The minimum atomic E-state index is -0.539. The van der Waals surface area contributed by atoms with Crippen molar-refractivity contribution in [2.45, 2.75) is 65.1 Å². The van der Waals surface area contributed by atoms with Crippen LogP contribution in [0.5, 0.6) is 0 Å². The number of hydrogen-bond acceptors (Lipinski definition) is 3. The van der Waals surface area contributed by atoms with Crippen molar-refractivity contribution in [2.75, 3.05) is 13.2 Å². The van der Waals surface area contributed by atoms with E-state index in [0.717, 1.165) is 31.6 Å². The summed E-state index contributed by atoms with van der Waals surface area (Å²) in [5, 5.41) is 0. The molecule has 0 aromatic heterocycles. The Hall–Kier alpha value is -1.52. The van der Waals surface area contributed by atoms with Gasteiger partial charge in [0.25, 0.3) is 0 Å². The van der Waals surface area contributed by atoms with Gasteiger partial charge in [-0.1, -0.05) is 52.5 Å². The van der Waals surface area contributed by atoms with Crippen LogP contribution in [0.1, 0.15) is 59.3 Å². The Morgan fingerprint density at radius 3 is 2.50 bits per heavy atom. The number of halogens is 1. The molecule has 1 spiro atoms. The van der Waals surface area contributed by atoms with Crippen LogP contribution in [0.15, 0.2) is 48.4 Å². The van der Waals surface area contributed by atoms with Gasteiger partial charge in [-0.3, -0.25) is 4.79 Å². The number of hydrogen-bond donors (Lipinski definition) is 0. The summed E-state index contributed by atoms with van der Waals surface area (Å²) in [7, 11) is 0. The second kappa shape index (κ2) is 10.3. The number of carbonyl (C=O) groups excluding carboxylic acids is 1. The molecular weight excluding hydrogens is 355 g/mol. The molecule has 156 valence electrons. The minimum absolute atomic E-state index is 0.00582. The Morgan fingerprint density at radius 1 is 1.32 bits per heavy atom. The zero-order valence-corrected chi connectivity index (χ0v) is 17.6. The lowest BCUT2D eigenvalue weighted by molar-refractivity contribution is -0.196. The van der Waals surface area contributed by atoms with E-state index in [9.17, 15) is 9.18 Å². The van der Waals surface area contributed by atoms with Gasteiger partial charge < -0.3 is 9.47 Å². The second-order valence-corrected chi connectivity index (χ2v) is 8.35.